The zero-order valence-electron chi connectivity index (χ0n) is 19.7. The zero-order chi connectivity index (χ0) is 23.3. The minimum Gasteiger partial charge on any atom is -0.467 e. The fraction of sp³-hybridized carbons (Fsp3) is 0.538. The van der Waals surface area contributed by atoms with Crippen molar-refractivity contribution in [3.05, 3.63) is 59.5 Å². The SMILES string of the molecule is O=C(CC1c2ccccc2CCN1C1CCN(C(=O)N2CCOCC2)CC1)NCc1ccco1. The van der Waals surface area contributed by atoms with Gasteiger partial charge in [0.25, 0.3) is 0 Å². The number of hydrogen-bond donors (Lipinski definition) is 1. The molecule has 2 saturated heterocycles. The van der Waals surface area contributed by atoms with Crippen molar-refractivity contribution in [3.8, 4) is 0 Å². The summed E-state index contributed by atoms with van der Waals surface area (Å²) < 4.78 is 10.7. The Hall–Kier alpha value is -2.84. The summed E-state index contributed by atoms with van der Waals surface area (Å²) in [6.45, 7) is 5.47. The number of likely N-dealkylation sites (tertiary alicyclic amines) is 1. The molecule has 1 atom stereocenters. The van der Waals surface area contributed by atoms with Gasteiger partial charge in [0, 0.05) is 51.2 Å². The zero-order valence-corrected chi connectivity index (χ0v) is 19.7. The molecule has 4 heterocycles. The van der Waals surface area contributed by atoms with Gasteiger partial charge in [-0.1, -0.05) is 24.3 Å². The van der Waals surface area contributed by atoms with Gasteiger partial charge in [0.1, 0.15) is 5.76 Å². The van der Waals surface area contributed by atoms with E-state index in [-0.39, 0.29) is 18.0 Å². The predicted molar refractivity (Wildman–Crippen MR) is 127 cm³/mol. The molecule has 1 aromatic heterocycles. The van der Waals surface area contributed by atoms with E-state index >= 15 is 0 Å². The molecule has 3 aliphatic rings. The smallest absolute Gasteiger partial charge is 0.320 e. The molecule has 0 bridgehead atoms. The number of morpholine rings is 1. The van der Waals surface area contributed by atoms with Gasteiger partial charge < -0.3 is 24.3 Å². The number of nitrogens with one attached hydrogen (secondary N) is 1. The van der Waals surface area contributed by atoms with E-state index in [1.54, 1.807) is 6.26 Å². The number of carbonyl (C=O) groups is 2. The summed E-state index contributed by atoms with van der Waals surface area (Å²) in [5.41, 5.74) is 2.59. The first-order valence-electron chi connectivity index (χ1n) is 12.4. The standard InChI is InChI=1S/C26H34N4O4/c31-25(27-19-22-5-3-15-34-22)18-24-23-6-2-1-4-20(23)7-12-30(24)21-8-10-28(11-9-21)26(32)29-13-16-33-17-14-29/h1-6,15,21,24H,7-14,16-19H2,(H,27,31). The number of fused-ring (bicyclic) bond motifs is 1. The Bertz CT molecular complexity index is 965. The Morgan fingerprint density at radius 1 is 0.941 bits per heavy atom. The highest BCUT2D eigenvalue weighted by molar-refractivity contribution is 5.77. The Morgan fingerprint density at radius 2 is 1.71 bits per heavy atom. The van der Waals surface area contributed by atoms with Crippen molar-refractivity contribution in [1.82, 2.24) is 20.0 Å². The third-order valence-electron chi connectivity index (χ3n) is 7.36. The van der Waals surface area contributed by atoms with Crippen molar-refractivity contribution in [2.45, 2.75) is 44.3 Å². The largest absolute Gasteiger partial charge is 0.467 e. The topological polar surface area (TPSA) is 78.3 Å². The van der Waals surface area contributed by atoms with E-state index in [0.717, 1.165) is 44.7 Å². The Balaban J connectivity index is 1.23. The van der Waals surface area contributed by atoms with Crippen LogP contribution in [0.2, 0.25) is 0 Å². The van der Waals surface area contributed by atoms with Crippen molar-refractivity contribution in [2.24, 2.45) is 0 Å². The molecule has 182 valence electrons. The van der Waals surface area contributed by atoms with Gasteiger partial charge in [-0.3, -0.25) is 9.69 Å². The van der Waals surface area contributed by atoms with Crippen molar-refractivity contribution < 1.29 is 18.7 Å². The lowest BCUT2D eigenvalue weighted by atomic mass is 9.87. The lowest BCUT2D eigenvalue weighted by Gasteiger charge is -2.46. The van der Waals surface area contributed by atoms with Gasteiger partial charge in [-0.05, 0) is 42.5 Å². The summed E-state index contributed by atoms with van der Waals surface area (Å²) in [6, 6.07) is 12.8. The highest BCUT2D eigenvalue weighted by atomic mass is 16.5. The normalized spacial score (nSPS) is 21.8. The first kappa shape index (κ1) is 22.9. The van der Waals surface area contributed by atoms with Gasteiger partial charge in [-0.25, -0.2) is 4.79 Å². The van der Waals surface area contributed by atoms with Crippen LogP contribution in [0.1, 0.15) is 42.2 Å². The summed E-state index contributed by atoms with van der Waals surface area (Å²) in [4.78, 5) is 32.2. The molecule has 2 fully saturated rings. The summed E-state index contributed by atoms with van der Waals surface area (Å²) in [6.07, 6.45) is 4.90. The maximum atomic E-state index is 12.9. The number of rotatable bonds is 5. The van der Waals surface area contributed by atoms with E-state index in [4.69, 9.17) is 9.15 Å². The summed E-state index contributed by atoms with van der Waals surface area (Å²) >= 11 is 0. The molecule has 3 aliphatic heterocycles. The molecule has 0 radical (unpaired) electrons. The number of benzene rings is 1. The fourth-order valence-corrected chi connectivity index (χ4v) is 5.53. The van der Waals surface area contributed by atoms with Crippen molar-refractivity contribution in [3.63, 3.8) is 0 Å². The van der Waals surface area contributed by atoms with Gasteiger partial charge in [0.05, 0.1) is 26.0 Å². The maximum absolute atomic E-state index is 12.9. The number of amides is 3. The lowest BCUT2D eigenvalue weighted by Crippen LogP contribution is -2.54. The molecule has 1 aromatic carbocycles. The molecule has 3 amide bonds. The number of urea groups is 1. The van der Waals surface area contributed by atoms with Crippen LogP contribution < -0.4 is 5.32 Å². The van der Waals surface area contributed by atoms with Crippen LogP contribution in [0.25, 0.3) is 0 Å². The molecule has 8 heteroatoms. The lowest BCUT2D eigenvalue weighted by molar-refractivity contribution is -0.123. The third-order valence-corrected chi connectivity index (χ3v) is 7.36. The second-order valence-electron chi connectivity index (χ2n) is 9.36. The summed E-state index contributed by atoms with van der Waals surface area (Å²) in [5, 5.41) is 3.02. The monoisotopic (exact) mass is 466 g/mol. The van der Waals surface area contributed by atoms with Crippen molar-refractivity contribution in [2.75, 3.05) is 45.9 Å². The van der Waals surface area contributed by atoms with Crippen LogP contribution in [0.15, 0.2) is 47.1 Å². The minimum absolute atomic E-state index is 0.0306. The Kier molecular flexibility index (Phi) is 7.16. The Labute approximate surface area is 200 Å². The number of carbonyl (C=O) groups excluding carboxylic acids is 2. The van der Waals surface area contributed by atoms with Gasteiger partial charge in [-0.15, -0.1) is 0 Å². The molecular formula is C26H34N4O4. The first-order valence-corrected chi connectivity index (χ1v) is 12.4. The third kappa shape index (κ3) is 5.13. The van der Waals surface area contributed by atoms with Crippen LogP contribution in [-0.4, -0.2) is 78.6 Å². The first-order chi connectivity index (χ1) is 16.7. The molecule has 8 nitrogen and oxygen atoms in total. The van der Waals surface area contributed by atoms with Crippen LogP contribution in [0.5, 0.6) is 0 Å². The molecule has 34 heavy (non-hydrogen) atoms. The van der Waals surface area contributed by atoms with Crippen LogP contribution in [0.3, 0.4) is 0 Å². The van der Waals surface area contributed by atoms with Crippen LogP contribution in [0.4, 0.5) is 4.79 Å². The molecule has 0 aliphatic carbocycles. The van der Waals surface area contributed by atoms with Crippen LogP contribution in [-0.2, 0) is 22.5 Å². The maximum Gasteiger partial charge on any atom is 0.320 e. The Morgan fingerprint density at radius 3 is 2.47 bits per heavy atom. The molecule has 5 rings (SSSR count). The fourth-order valence-electron chi connectivity index (χ4n) is 5.53. The van der Waals surface area contributed by atoms with E-state index in [1.165, 1.54) is 11.1 Å². The van der Waals surface area contributed by atoms with E-state index in [9.17, 15) is 9.59 Å². The van der Waals surface area contributed by atoms with Gasteiger partial charge in [0.15, 0.2) is 0 Å². The number of piperidine rings is 1. The van der Waals surface area contributed by atoms with E-state index in [2.05, 4.69) is 34.5 Å². The number of hydrogen-bond acceptors (Lipinski definition) is 5. The van der Waals surface area contributed by atoms with E-state index in [1.807, 2.05) is 21.9 Å². The van der Waals surface area contributed by atoms with Gasteiger partial charge in [0.2, 0.25) is 5.91 Å². The number of ether oxygens (including phenoxy) is 1. The second-order valence-corrected chi connectivity index (χ2v) is 9.36. The molecule has 1 unspecified atom stereocenters. The average Bonchev–Trinajstić information content (AvgIpc) is 3.42. The molecule has 0 spiro atoms. The van der Waals surface area contributed by atoms with Gasteiger partial charge in [-0.2, -0.15) is 0 Å². The summed E-state index contributed by atoms with van der Waals surface area (Å²) in [7, 11) is 0. The van der Waals surface area contributed by atoms with Gasteiger partial charge >= 0.3 is 6.03 Å². The molecule has 0 saturated carbocycles. The average molecular weight is 467 g/mol. The number of furan rings is 1. The summed E-state index contributed by atoms with van der Waals surface area (Å²) in [5.74, 6) is 0.787. The predicted octanol–water partition coefficient (Wildman–Crippen LogP) is 2.80. The second kappa shape index (κ2) is 10.6. The van der Waals surface area contributed by atoms with E-state index < -0.39 is 0 Å². The molecule has 2 aromatic rings. The van der Waals surface area contributed by atoms with Crippen molar-refractivity contribution >= 4 is 11.9 Å². The van der Waals surface area contributed by atoms with Crippen LogP contribution >= 0.6 is 0 Å². The molecule has 1 N–H and O–H groups in total. The van der Waals surface area contributed by atoms with Crippen molar-refractivity contribution in [1.29, 1.82) is 0 Å². The number of nitrogens with zero attached hydrogens (tertiary/aromatic N) is 3. The minimum atomic E-state index is 0.0306. The highest BCUT2D eigenvalue weighted by Gasteiger charge is 2.36. The van der Waals surface area contributed by atoms with E-state index in [0.29, 0.717) is 45.3 Å². The highest BCUT2D eigenvalue weighted by Crippen LogP contribution is 2.36. The van der Waals surface area contributed by atoms with Crippen LogP contribution in [0, 0.1) is 0 Å². The molecular weight excluding hydrogens is 432 g/mol. The quantitative estimate of drug-likeness (QED) is 0.733.